The van der Waals surface area contributed by atoms with Crippen LogP contribution in [0.15, 0.2) is 48.7 Å². The number of benzene rings is 1. The molecular weight excluding hydrogens is 260 g/mol. The first-order chi connectivity index (χ1) is 10.3. The standard InChI is InChI=1S/C18H24N2O/c1-3-19-18(13-10-16-7-5-6-14-20-16)15-8-11-17(12-9-15)21-4-2/h5-9,11-12,14,18-19H,3-4,10,13H2,1-2H3. The van der Waals surface area contributed by atoms with E-state index in [1.807, 2.05) is 37.4 Å². The highest BCUT2D eigenvalue weighted by atomic mass is 16.5. The van der Waals surface area contributed by atoms with Crippen molar-refractivity contribution in [3.05, 3.63) is 59.9 Å². The first-order valence-electron chi connectivity index (χ1n) is 7.69. The SMILES string of the molecule is CCNC(CCc1ccccn1)c1ccc(OCC)cc1. The summed E-state index contributed by atoms with van der Waals surface area (Å²) in [4.78, 5) is 4.40. The van der Waals surface area contributed by atoms with E-state index in [-0.39, 0.29) is 0 Å². The molecule has 0 saturated carbocycles. The molecule has 1 aromatic carbocycles. The predicted molar refractivity (Wildman–Crippen MR) is 86.6 cm³/mol. The van der Waals surface area contributed by atoms with Crippen LogP contribution < -0.4 is 10.1 Å². The minimum absolute atomic E-state index is 0.354. The van der Waals surface area contributed by atoms with Gasteiger partial charge in [-0.15, -0.1) is 0 Å². The Labute approximate surface area is 127 Å². The number of pyridine rings is 1. The van der Waals surface area contributed by atoms with Crippen molar-refractivity contribution in [1.29, 1.82) is 0 Å². The Kier molecular flexibility index (Phi) is 6.22. The fraction of sp³-hybridized carbons (Fsp3) is 0.389. The highest BCUT2D eigenvalue weighted by Gasteiger charge is 2.10. The van der Waals surface area contributed by atoms with Crippen LogP contribution in [0.4, 0.5) is 0 Å². The summed E-state index contributed by atoms with van der Waals surface area (Å²) < 4.78 is 5.50. The minimum atomic E-state index is 0.354. The highest BCUT2D eigenvalue weighted by Crippen LogP contribution is 2.21. The van der Waals surface area contributed by atoms with Crippen LogP contribution in [0.5, 0.6) is 5.75 Å². The second-order valence-electron chi connectivity index (χ2n) is 4.97. The highest BCUT2D eigenvalue weighted by molar-refractivity contribution is 5.29. The largest absolute Gasteiger partial charge is 0.494 e. The van der Waals surface area contributed by atoms with Gasteiger partial charge in [-0.3, -0.25) is 4.98 Å². The van der Waals surface area contributed by atoms with Crippen LogP contribution in [-0.2, 0) is 6.42 Å². The molecule has 21 heavy (non-hydrogen) atoms. The van der Waals surface area contributed by atoms with Crippen molar-refractivity contribution in [2.24, 2.45) is 0 Å². The molecule has 1 aromatic heterocycles. The number of aromatic nitrogens is 1. The Morgan fingerprint density at radius 1 is 1.10 bits per heavy atom. The summed E-state index contributed by atoms with van der Waals surface area (Å²) >= 11 is 0. The van der Waals surface area contributed by atoms with E-state index in [1.165, 1.54) is 5.56 Å². The first kappa shape index (κ1) is 15.5. The summed E-state index contributed by atoms with van der Waals surface area (Å²) in [6, 6.07) is 14.8. The van der Waals surface area contributed by atoms with E-state index in [0.29, 0.717) is 12.6 Å². The maximum absolute atomic E-state index is 5.50. The molecule has 112 valence electrons. The van der Waals surface area contributed by atoms with Crippen LogP contribution in [0.1, 0.15) is 37.6 Å². The van der Waals surface area contributed by atoms with E-state index >= 15 is 0 Å². The molecule has 0 aliphatic rings. The molecule has 3 nitrogen and oxygen atoms in total. The zero-order chi connectivity index (χ0) is 14.9. The molecule has 3 heteroatoms. The summed E-state index contributed by atoms with van der Waals surface area (Å²) in [7, 11) is 0. The maximum Gasteiger partial charge on any atom is 0.119 e. The lowest BCUT2D eigenvalue weighted by molar-refractivity contribution is 0.340. The van der Waals surface area contributed by atoms with Gasteiger partial charge in [0.1, 0.15) is 5.75 Å². The maximum atomic E-state index is 5.50. The van der Waals surface area contributed by atoms with Crippen molar-refractivity contribution < 1.29 is 4.74 Å². The predicted octanol–water partition coefficient (Wildman–Crippen LogP) is 3.76. The molecule has 0 aliphatic heterocycles. The van der Waals surface area contributed by atoms with Gasteiger partial charge in [-0.25, -0.2) is 0 Å². The number of hydrogen-bond donors (Lipinski definition) is 1. The molecule has 0 amide bonds. The topological polar surface area (TPSA) is 34.2 Å². The quantitative estimate of drug-likeness (QED) is 0.801. The second-order valence-corrected chi connectivity index (χ2v) is 4.97. The lowest BCUT2D eigenvalue weighted by Gasteiger charge is -2.18. The van der Waals surface area contributed by atoms with E-state index in [4.69, 9.17) is 4.74 Å². The Bertz CT molecular complexity index is 511. The average Bonchev–Trinajstić information content (AvgIpc) is 2.54. The monoisotopic (exact) mass is 284 g/mol. The minimum Gasteiger partial charge on any atom is -0.494 e. The third-order valence-electron chi connectivity index (χ3n) is 3.46. The smallest absolute Gasteiger partial charge is 0.119 e. The Hall–Kier alpha value is -1.87. The van der Waals surface area contributed by atoms with Crippen molar-refractivity contribution >= 4 is 0 Å². The molecule has 2 rings (SSSR count). The number of rotatable bonds is 8. The fourth-order valence-corrected chi connectivity index (χ4v) is 2.43. The molecule has 0 spiro atoms. The zero-order valence-electron chi connectivity index (χ0n) is 12.9. The lowest BCUT2D eigenvalue weighted by Crippen LogP contribution is -2.21. The summed E-state index contributed by atoms with van der Waals surface area (Å²) in [6.07, 6.45) is 3.87. The van der Waals surface area contributed by atoms with Crippen LogP contribution in [0.3, 0.4) is 0 Å². The molecule has 1 atom stereocenters. The van der Waals surface area contributed by atoms with E-state index < -0.39 is 0 Å². The fourth-order valence-electron chi connectivity index (χ4n) is 2.43. The Balaban J connectivity index is 2.00. The summed E-state index contributed by atoms with van der Waals surface area (Å²) in [5.74, 6) is 0.932. The van der Waals surface area contributed by atoms with Gasteiger partial charge in [-0.05, 0) is 56.1 Å². The number of hydrogen-bond acceptors (Lipinski definition) is 3. The van der Waals surface area contributed by atoms with Crippen LogP contribution >= 0.6 is 0 Å². The molecule has 0 saturated heterocycles. The number of ether oxygens (including phenoxy) is 1. The van der Waals surface area contributed by atoms with Gasteiger partial charge in [0.15, 0.2) is 0 Å². The molecule has 0 fully saturated rings. The lowest BCUT2D eigenvalue weighted by atomic mass is 10.0. The van der Waals surface area contributed by atoms with E-state index in [9.17, 15) is 0 Å². The zero-order valence-corrected chi connectivity index (χ0v) is 12.9. The summed E-state index contributed by atoms with van der Waals surface area (Å²) in [5.41, 5.74) is 2.45. The molecule has 0 aliphatic carbocycles. The van der Waals surface area contributed by atoms with Crippen molar-refractivity contribution in [3.8, 4) is 5.75 Å². The second kappa shape index (κ2) is 8.42. The van der Waals surface area contributed by atoms with Crippen LogP contribution in [-0.4, -0.2) is 18.1 Å². The first-order valence-corrected chi connectivity index (χ1v) is 7.69. The van der Waals surface area contributed by atoms with Crippen LogP contribution in [0.25, 0.3) is 0 Å². The van der Waals surface area contributed by atoms with Crippen LogP contribution in [0, 0.1) is 0 Å². The summed E-state index contributed by atoms with van der Waals surface area (Å²) in [5, 5.41) is 3.55. The van der Waals surface area contributed by atoms with Gasteiger partial charge < -0.3 is 10.1 Å². The van der Waals surface area contributed by atoms with Gasteiger partial charge in [-0.2, -0.15) is 0 Å². The summed E-state index contributed by atoms with van der Waals surface area (Å²) in [6.45, 7) is 5.81. The van der Waals surface area contributed by atoms with Gasteiger partial charge in [0.2, 0.25) is 0 Å². The molecule has 1 unspecified atom stereocenters. The molecule has 0 radical (unpaired) electrons. The number of nitrogens with one attached hydrogen (secondary N) is 1. The van der Waals surface area contributed by atoms with E-state index in [1.54, 1.807) is 0 Å². The average molecular weight is 284 g/mol. The van der Waals surface area contributed by atoms with E-state index in [2.05, 4.69) is 35.4 Å². The molecule has 2 aromatic rings. The Morgan fingerprint density at radius 3 is 2.52 bits per heavy atom. The third kappa shape index (κ3) is 4.87. The molecule has 0 bridgehead atoms. The van der Waals surface area contributed by atoms with Gasteiger partial charge in [0.05, 0.1) is 6.61 Å². The Morgan fingerprint density at radius 2 is 1.90 bits per heavy atom. The van der Waals surface area contributed by atoms with Gasteiger partial charge in [0, 0.05) is 17.9 Å². The van der Waals surface area contributed by atoms with E-state index in [0.717, 1.165) is 30.8 Å². The van der Waals surface area contributed by atoms with Gasteiger partial charge >= 0.3 is 0 Å². The van der Waals surface area contributed by atoms with Crippen molar-refractivity contribution in [3.63, 3.8) is 0 Å². The molecule has 1 N–H and O–H groups in total. The molecule has 1 heterocycles. The van der Waals surface area contributed by atoms with Crippen molar-refractivity contribution in [2.45, 2.75) is 32.7 Å². The van der Waals surface area contributed by atoms with Gasteiger partial charge in [0.25, 0.3) is 0 Å². The third-order valence-corrected chi connectivity index (χ3v) is 3.46. The van der Waals surface area contributed by atoms with Gasteiger partial charge in [-0.1, -0.05) is 25.1 Å². The number of aryl methyl sites for hydroxylation is 1. The molecular formula is C18H24N2O. The number of nitrogens with zero attached hydrogens (tertiary/aromatic N) is 1. The van der Waals surface area contributed by atoms with Crippen LogP contribution in [0.2, 0.25) is 0 Å². The normalized spacial score (nSPS) is 12.1. The van der Waals surface area contributed by atoms with Crippen molar-refractivity contribution in [2.75, 3.05) is 13.2 Å². The van der Waals surface area contributed by atoms with Crippen molar-refractivity contribution in [1.82, 2.24) is 10.3 Å².